The molecule has 0 amide bonds. The Morgan fingerprint density at radius 1 is 1.11 bits per heavy atom. The zero-order valence-electron chi connectivity index (χ0n) is 11.1. The molecule has 19 heavy (non-hydrogen) atoms. The summed E-state index contributed by atoms with van der Waals surface area (Å²) in [5, 5.41) is 0. The molecule has 106 valence electrons. The minimum atomic E-state index is -0.447. The van der Waals surface area contributed by atoms with Gasteiger partial charge in [0.2, 0.25) is 0 Å². The molecule has 0 saturated heterocycles. The number of hydrogen-bond donors (Lipinski definition) is 1. The normalized spacial score (nSPS) is 19.1. The predicted molar refractivity (Wildman–Crippen MR) is 70.6 cm³/mol. The van der Waals surface area contributed by atoms with Crippen molar-refractivity contribution >= 4 is 0 Å². The van der Waals surface area contributed by atoms with Crippen LogP contribution in [0.15, 0.2) is 18.2 Å². The predicted octanol–water partition coefficient (Wildman–Crippen LogP) is 3.53. The summed E-state index contributed by atoms with van der Waals surface area (Å²) in [4.78, 5) is 0. The van der Waals surface area contributed by atoms with Gasteiger partial charge in [-0.2, -0.15) is 0 Å². The minimum Gasteiger partial charge on any atom is -0.375 e. The number of hydrogen-bond acceptors (Lipinski definition) is 2. The highest BCUT2D eigenvalue weighted by Crippen LogP contribution is 2.25. The molecule has 2 rings (SSSR count). The average molecular weight is 269 g/mol. The van der Waals surface area contributed by atoms with Crippen LogP contribution >= 0.6 is 0 Å². The zero-order valence-corrected chi connectivity index (χ0v) is 11.1. The number of nitrogens with two attached hydrogens (primary N) is 1. The zero-order chi connectivity index (χ0) is 13.7. The molecule has 0 bridgehead atoms. The largest absolute Gasteiger partial charge is 0.375 e. The summed E-state index contributed by atoms with van der Waals surface area (Å²) < 4.78 is 32.0. The number of benzene rings is 1. The first kappa shape index (κ1) is 14.4. The Morgan fingerprint density at radius 2 is 1.79 bits per heavy atom. The Kier molecular flexibility index (Phi) is 4.88. The van der Waals surface area contributed by atoms with E-state index in [4.69, 9.17) is 10.5 Å². The van der Waals surface area contributed by atoms with Crippen molar-refractivity contribution in [2.75, 3.05) is 6.61 Å². The van der Waals surface area contributed by atoms with E-state index in [2.05, 4.69) is 0 Å². The van der Waals surface area contributed by atoms with Gasteiger partial charge in [-0.1, -0.05) is 25.7 Å². The van der Waals surface area contributed by atoms with Crippen molar-refractivity contribution in [2.24, 2.45) is 5.73 Å². The second-order valence-electron chi connectivity index (χ2n) is 5.51. The first-order chi connectivity index (χ1) is 9.09. The quantitative estimate of drug-likeness (QED) is 0.849. The summed E-state index contributed by atoms with van der Waals surface area (Å²) in [5.41, 5.74) is 6.24. The molecule has 4 heteroatoms. The van der Waals surface area contributed by atoms with Crippen molar-refractivity contribution in [1.29, 1.82) is 0 Å². The Hall–Kier alpha value is -1.00. The Balaban J connectivity index is 1.86. The monoisotopic (exact) mass is 269 g/mol. The van der Waals surface area contributed by atoms with Crippen molar-refractivity contribution in [1.82, 2.24) is 0 Å². The molecule has 1 aromatic rings. The molecule has 0 aromatic heterocycles. The SMILES string of the molecule is NC1(COCc2cc(F)ccc2F)CCCCCC1. The Bertz CT molecular complexity index is 415. The first-order valence-corrected chi connectivity index (χ1v) is 6.90. The molecule has 0 unspecified atom stereocenters. The van der Waals surface area contributed by atoms with Crippen molar-refractivity contribution in [3.05, 3.63) is 35.4 Å². The van der Waals surface area contributed by atoms with Gasteiger partial charge in [0.25, 0.3) is 0 Å². The van der Waals surface area contributed by atoms with E-state index in [0.29, 0.717) is 6.61 Å². The molecule has 2 N–H and O–H groups in total. The Morgan fingerprint density at radius 3 is 2.47 bits per heavy atom. The van der Waals surface area contributed by atoms with Crippen molar-refractivity contribution in [3.8, 4) is 0 Å². The van der Waals surface area contributed by atoms with Gasteiger partial charge in [0.15, 0.2) is 0 Å². The second kappa shape index (κ2) is 6.44. The van der Waals surface area contributed by atoms with Crippen LogP contribution in [0.4, 0.5) is 8.78 Å². The summed E-state index contributed by atoms with van der Waals surface area (Å²) in [6.07, 6.45) is 6.56. The Labute approximate surface area is 112 Å². The fraction of sp³-hybridized carbons (Fsp3) is 0.600. The fourth-order valence-electron chi connectivity index (χ4n) is 2.60. The molecular formula is C15H21F2NO. The molecule has 1 aromatic carbocycles. The maximum absolute atomic E-state index is 13.4. The third-order valence-corrected chi connectivity index (χ3v) is 3.75. The maximum Gasteiger partial charge on any atom is 0.128 e. The van der Waals surface area contributed by atoms with Gasteiger partial charge in [-0.3, -0.25) is 0 Å². The van der Waals surface area contributed by atoms with E-state index in [-0.39, 0.29) is 17.7 Å². The molecule has 0 atom stereocenters. The molecule has 0 heterocycles. The lowest BCUT2D eigenvalue weighted by molar-refractivity contribution is 0.0650. The summed E-state index contributed by atoms with van der Waals surface area (Å²) in [5.74, 6) is -0.884. The lowest BCUT2D eigenvalue weighted by Gasteiger charge is -2.27. The standard InChI is InChI=1S/C15H21F2NO/c16-13-5-6-14(17)12(9-13)10-19-11-15(18)7-3-1-2-4-8-15/h5-6,9H,1-4,7-8,10-11,18H2. The molecule has 0 radical (unpaired) electrons. The van der Waals surface area contributed by atoms with Crippen LogP contribution in [0.1, 0.15) is 44.1 Å². The lowest BCUT2D eigenvalue weighted by Crippen LogP contribution is -2.43. The van der Waals surface area contributed by atoms with Crippen LogP contribution in [0, 0.1) is 11.6 Å². The number of halogens is 2. The van der Waals surface area contributed by atoms with Crippen LogP contribution in [-0.2, 0) is 11.3 Å². The average Bonchev–Trinajstić information content (AvgIpc) is 2.59. The van der Waals surface area contributed by atoms with Crippen molar-refractivity contribution in [3.63, 3.8) is 0 Å². The van der Waals surface area contributed by atoms with Gasteiger partial charge in [0.1, 0.15) is 11.6 Å². The molecule has 0 spiro atoms. The van der Waals surface area contributed by atoms with Gasteiger partial charge in [-0.25, -0.2) is 8.78 Å². The van der Waals surface area contributed by atoms with E-state index >= 15 is 0 Å². The third-order valence-electron chi connectivity index (χ3n) is 3.75. The van der Waals surface area contributed by atoms with Gasteiger partial charge in [-0.05, 0) is 31.0 Å². The molecule has 1 fully saturated rings. The smallest absolute Gasteiger partial charge is 0.128 e. The van der Waals surface area contributed by atoms with Crippen LogP contribution in [0.25, 0.3) is 0 Å². The minimum absolute atomic E-state index is 0.0720. The van der Waals surface area contributed by atoms with Crippen LogP contribution in [0.5, 0.6) is 0 Å². The van der Waals surface area contributed by atoms with E-state index in [1.807, 2.05) is 0 Å². The van der Waals surface area contributed by atoms with Gasteiger partial charge >= 0.3 is 0 Å². The number of ether oxygens (including phenoxy) is 1. The van der Waals surface area contributed by atoms with Crippen LogP contribution in [0.3, 0.4) is 0 Å². The van der Waals surface area contributed by atoms with E-state index in [9.17, 15) is 8.78 Å². The highest BCUT2D eigenvalue weighted by atomic mass is 19.1. The van der Waals surface area contributed by atoms with Gasteiger partial charge in [0.05, 0.1) is 13.2 Å². The van der Waals surface area contributed by atoms with E-state index in [1.165, 1.54) is 18.9 Å². The van der Waals surface area contributed by atoms with E-state index in [1.54, 1.807) is 0 Å². The summed E-state index contributed by atoms with van der Waals surface area (Å²) in [7, 11) is 0. The van der Waals surface area contributed by atoms with Gasteiger partial charge in [0, 0.05) is 11.1 Å². The molecule has 2 nitrogen and oxygen atoms in total. The lowest BCUT2D eigenvalue weighted by atomic mass is 9.92. The summed E-state index contributed by atoms with van der Waals surface area (Å²) in [6.45, 7) is 0.478. The van der Waals surface area contributed by atoms with Crippen LogP contribution in [-0.4, -0.2) is 12.1 Å². The summed E-state index contributed by atoms with van der Waals surface area (Å²) >= 11 is 0. The van der Waals surface area contributed by atoms with Gasteiger partial charge < -0.3 is 10.5 Å². The molecule has 0 aliphatic heterocycles. The molecular weight excluding hydrogens is 248 g/mol. The topological polar surface area (TPSA) is 35.2 Å². The van der Waals surface area contributed by atoms with Crippen LogP contribution < -0.4 is 5.73 Å². The number of rotatable bonds is 4. The van der Waals surface area contributed by atoms with Crippen LogP contribution in [0.2, 0.25) is 0 Å². The molecule has 1 aliphatic rings. The summed E-state index contributed by atoms with van der Waals surface area (Å²) in [6, 6.07) is 3.40. The first-order valence-electron chi connectivity index (χ1n) is 6.90. The van der Waals surface area contributed by atoms with Crippen molar-refractivity contribution < 1.29 is 13.5 Å². The highest BCUT2D eigenvalue weighted by molar-refractivity contribution is 5.17. The van der Waals surface area contributed by atoms with E-state index in [0.717, 1.165) is 37.8 Å². The third kappa shape index (κ3) is 4.25. The van der Waals surface area contributed by atoms with E-state index < -0.39 is 11.6 Å². The maximum atomic E-state index is 13.4. The second-order valence-corrected chi connectivity index (χ2v) is 5.51. The van der Waals surface area contributed by atoms with Crippen molar-refractivity contribution in [2.45, 2.75) is 50.7 Å². The fourth-order valence-corrected chi connectivity index (χ4v) is 2.60. The highest BCUT2D eigenvalue weighted by Gasteiger charge is 2.26. The van der Waals surface area contributed by atoms with Gasteiger partial charge in [-0.15, -0.1) is 0 Å². The molecule has 1 saturated carbocycles. The molecule has 1 aliphatic carbocycles.